The molecule has 0 unspecified atom stereocenters. The Morgan fingerprint density at radius 3 is 2.25 bits per heavy atom. The number of benzene rings is 1. The van der Waals surface area contributed by atoms with Crippen LogP contribution in [0.15, 0.2) is 30.3 Å². The van der Waals surface area contributed by atoms with Gasteiger partial charge >= 0.3 is 6.09 Å². The van der Waals surface area contributed by atoms with Crippen molar-refractivity contribution in [1.29, 1.82) is 0 Å². The van der Waals surface area contributed by atoms with E-state index < -0.39 is 6.09 Å². The number of carbonyl (C=O) groups excluding carboxylic acids is 1. The number of primary amides is 1. The molecular weight excluding hydrogens is 256 g/mol. The summed E-state index contributed by atoms with van der Waals surface area (Å²) in [7, 11) is 0. The second-order valence-electron chi connectivity index (χ2n) is 5.30. The van der Waals surface area contributed by atoms with Crippen molar-refractivity contribution < 1.29 is 14.7 Å². The van der Waals surface area contributed by atoms with E-state index in [4.69, 9.17) is 5.73 Å². The summed E-state index contributed by atoms with van der Waals surface area (Å²) in [4.78, 5) is 24.1. The van der Waals surface area contributed by atoms with Crippen molar-refractivity contribution in [2.45, 2.75) is 38.3 Å². The highest BCUT2D eigenvalue weighted by molar-refractivity contribution is 5.76. The van der Waals surface area contributed by atoms with E-state index in [9.17, 15) is 14.7 Å². The lowest BCUT2D eigenvalue weighted by Gasteiger charge is -2.34. The van der Waals surface area contributed by atoms with Gasteiger partial charge in [-0.3, -0.25) is 4.79 Å². The average molecular weight is 276 g/mol. The molecule has 2 amide bonds. The SMILES string of the molecule is NC(=O)[C@H]1CC[C@H](N(Cc2ccccc2)C(=O)O)CC1. The highest BCUT2D eigenvalue weighted by Crippen LogP contribution is 2.28. The van der Waals surface area contributed by atoms with E-state index in [1.807, 2.05) is 30.3 Å². The molecule has 0 bridgehead atoms. The maximum atomic E-state index is 11.5. The standard InChI is InChI=1S/C15H20N2O3/c16-14(18)12-6-8-13(9-7-12)17(15(19)20)10-11-4-2-1-3-5-11/h1-5,12-13H,6-10H2,(H2,16,18)(H,19,20)/t12-,13-. The lowest BCUT2D eigenvalue weighted by atomic mass is 9.85. The van der Waals surface area contributed by atoms with E-state index >= 15 is 0 Å². The quantitative estimate of drug-likeness (QED) is 0.884. The molecule has 1 aromatic rings. The predicted molar refractivity (Wildman–Crippen MR) is 75.0 cm³/mol. The summed E-state index contributed by atoms with van der Waals surface area (Å²) >= 11 is 0. The third kappa shape index (κ3) is 3.50. The Morgan fingerprint density at radius 2 is 1.75 bits per heavy atom. The van der Waals surface area contributed by atoms with Gasteiger partial charge in [0.25, 0.3) is 0 Å². The van der Waals surface area contributed by atoms with E-state index in [0.717, 1.165) is 5.56 Å². The summed E-state index contributed by atoms with van der Waals surface area (Å²) < 4.78 is 0. The van der Waals surface area contributed by atoms with Crippen LogP contribution in [-0.4, -0.2) is 28.0 Å². The Morgan fingerprint density at radius 1 is 1.15 bits per heavy atom. The molecule has 0 saturated heterocycles. The topological polar surface area (TPSA) is 83.6 Å². The monoisotopic (exact) mass is 276 g/mol. The lowest BCUT2D eigenvalue weighted by Crippen LogP contribution is -2.42. The van der Waals surface area contributed by atoms with Crippen molar-refractivity contribution >= 4 is 12.0 Å². The molecule has 1 saturated carbocycles. The minimum atomic E-state index is -0.906. The molecule has 0 atom stereocenters. The van der Waals surface area contributed by atoms with Crippen LogP contribution in [0.3, 0.4) is 0 Å². The summed E-state index contributed by atoms with van der Waals surface area (Å²) in [6, 6.07) is 9.53. The van der Waals surface area contributed by atoms with Gasteiger partial charge in [-0.15, -0.1) is 0 Å². The van der Waals surface area contributed by atoms with Crippen LogP contribution in [0.4, 0.5) is 4.79 Å². The molecule has 5 heteroatoms. The third-order valence-corrected chi connectivity index (χ3v) is 3.98. The van der Waals surface area contributed by atoms with Crippen LogP contribution in [0.5, 0.6) is 0 Å². The van der Waals surface area contributed by atoms with Crippen LogP contribution in [0, 0.1) is 5.92 Å². The second-order valence-corrected chi connectivity index (χ2v) is 5.30. The predicted octanol–water partition coefficient (Wildman–Crippen LogP) is 2.21. The number of hydrogen-bond donors (Lipinski definition) is 2. The number of hydrogen-bond acceptors (Lipinski definition) is 2. The van der Waals surface area contributed by atoms with Gasteiger partial charge in [0.05, 0.1) is 0 Å². The van der Waals surface area contributed by atoms with Crippen LogP contribution in [0.1, 0.15) is 31.2 Å². The summed E-state index contributed by atoms with van der Waals surface area (Å²) in [6.45, 7) is 0.391. The molecule has 1 aliphatic carbocycles. The fraction of sp³-hybridized carbons (Fsp3) is 0.467. The van der Waals surface area contributed by atoms with Crippen molar-refractivity contribution in [2.24, 2.45) is 11.7 Å². The van der Waals surface area contributed by atoms with E-state index in [1.165, 1.54) is 4.90 Å². The first-order valence-corrected chi connectivity index (χ1v) is 6.90. The van der Waals surface area contributed by atoms with Gasteiger partial charge in [-0.1, -0.05) is 30.3 Å². The van der Waals surface area contributed by atoms with Gasteiger partial charge in [-0.05, 0) is 31.2 Å². The van der Waals surface area contributed by atoms with Crippen molar-refractivity contribution in [1.82, 2.24) is 4.90 Å². The molecule has 0 aliphatic heterocycles. The van der Waals surface area contributed by atoms with Crippen LogP contribution < -0.4 is 5.73 Å². The Kier molecular flexibility index (Phi) is 4.61. The fourth-order valence-corrected chi connectivity index (χ4v) is 2.81. The smallest absolute Gasteiger partial charge is 0.407 e. The van der Waals surface area contributed by atoms with E-state index in [-0.39, 0.29) is 17.9 Å². The number of rotatable bonds is 4. The zero-order valence-corrected chi connectivity index (χ0v) is 11.4. The largest absolute Gasteiger partial charge is 0.465 e. The van der Waals surface area contributed by atoms with Gasteiger partial charge in [0, 0.05) is 18.5 Å². The third-order valence-electron chi connectivity index (χ3n) is 3.98. The van der Waals surface area contributed by atoms with Crippen molar-refractivity contribution in [3.8, 4) is 0 Å². The molecule has 5 nitrogen and oxygen atoms in total. The van der Waals surface area contributed by atoms with Gasteiger partial charge in [0.2, 0.25) is 5.91 Å². The van der Waals surface area contributed by atoms with Crippen molar-refractivity contribution in [2.75, 3.05) is 0 Å². The number of nitrogens with two attached hydrogens (primary N) is 1. The maximum Gasteiger partial charge on any atom is 0.407 e. The number of carboxylic acid groups (broad SMARTS) is 1. The molecule has 0 radical (unpaired) electrons. The minimum Gasteiger partial charge on any atom is -0.465 e. The molecule has 0 heterocycles. The van der Waals surface area contributed by atoms with E-state index in [0.29, 0.717) is 32.2 Å². The second kappa shape index (κ2) is 6.41. The van der Waals surface area contributed by atoms with Crippen LogP contribution in [0.25, 0.3) is 0 Å². The first-order valence-electron chi connectivity index (χ1n) is 6.90. The molecule has 108 valence electrons. The summed E-state index contributed by atoms with van der Waals surface area (Å²) in [5, 5.41) is 9.40. The molecule has 0 spiro atoms. The maximum absolute atomic E-state index is 11.5. The molecule has 0 aromatic heterocycles. The zero-order valence-electron chi connectivity index (χ0n) is 11.4. The molecule has 20 heavy (non-hydrogen) atoms. The van der Waals surface area contributed by atoms with Gasteiger partial charge < -0.3 is 15.7 Å². The molecule has 1 aromatic carbocycles. The van der Waals surface area contributed by atoms with Gasteiger partial charge in [-0.25, -0.2) is 4.79 Å². The fourth-order valence-electron chi connectivity index (χ4n) is 2.81. The van der Waals surface area contributed by atoms with E-state index in [1.54, 1.807) is 0 Å². The summed E-state index contributed by atoms with van der Waals surface area (Å²) in [5.41, 5.74) is 6.28. The summed E-state index contributed by atoms with van der Waals surface area (Å²) in [6.07, 6.45) is 1.85. The van der Waals surface area contributed by atoms with Gasteiger partial charge in [0.15, 0.2) is 0 Å². The van der Waals surface area contributed by atoms with Crippen LogP contribution >= 0.6 is 0 Å². The Balaban J connectivity index is 2.00. The first kappa shape index (κ1) is 14.4. The Labute approximate surface area is 118 Å². The minimum absolute atomic E-state index is 0.0247. The average Bonchev–Trinajstić information content (AvgIpc) is 2.45. The molecule has 3 N–H and O–H groups in total. The van der Waals surface area contributed by atoms with Gasteiger partial charge in [-0.2, -0.15) is 0 Å². The molecule has 2 rings (SSSR count). The highest BCUT2D eigenvalue weighted by Gasteiger charge is 2.30. The zero-order chi connectivity index (χ0) is 14.5. The Hall–Kier alpha value is -2.04. The normalized spacial score (nSPS) is 22.2. The van der Waals surface area contributed by atoms with Crippen molar-refractivity contribution in [3.63, 3.8) is 0 Å². The lowest BCUT2D eigenvalue weighted by molar-refractivity contribution is -0.123. The number of nitrogens with zero attached hydrogens (tertiary/aromatic N) is 1. The molecule has 1 fully saturated rings. The van der Waals surface area contributed by atoms with Crippen LogP contribution in [0.2, 0.25) is 0 Å². The summed E-state index contributed by atoms with van der Waals surface area (Å²) in [5.74, 6) is -0.369. The number of amides is 2. The highest BCUT2D eigenvalue weighted by atomic mass is 16.4. The Bertz CT molecular complexity index is 467. The van der Waals surface area contributed by atoms with Gasteiger partial charge in [0.1, 0.15) is 0 Å². The van der Waals surface area contributed by atoms with Crippen molar-refractivity contribution in [3.05, 3.63) is 35.9 Å². The van der Waals surface area contributed by atoms with E-state index in [2.05, 4.69) is 0 Å². The molecule has 1 aliphatic rings. The first-order chi connectivity index (χ1) is 9.58. The number of carbonyl (C=O) groups is 2. The van der Waals surface area contributed by atoms with Crippen LogP contribution in [-0.2, 0) is 11.3 Å². The molecular formula is C15H20N2O3.